The monoisotopic (exact) mass is 491 g/mol. The molecule has 4 N–H and O–H groups in total. The molecule has 0 aliphatic heterocycles. The van der Waals surface area contributed by atoms with Gasteiger partial charge in [-0.05, 0) is 63.7 Å². The Hall–Kier alpha value is -2.78. The van der Waals surface area contributed by atoms with E-state index in [2.05, 4.69) is 15.7 Å². The first-order valence-corrected chi connectivity index (χ1v) is 12.7. The minimum absolute atomic E-state index is 0.0244. The van der Waals surface area contributed by atoms with Gasteiger partial charge in [0.15, 0.2) is 0 Å². The SMILES string of the molecule is COC(=O)NC(C)(C)CCn1ncc(C(=O)N[C@H]2C3CCCC2C[C@@H](C(N)=O)C3)c1OCC(C)C. The van der Waals surface area contributed by atoms with Gasteiger partial charge in [-0.2, -0.15) is 5.10 Å². The molecule has 0 saturated heterocycles. The van der Waals surface area contributed by atoms with E-state index in [9.17, 15) is 14.4 Å². The maximum atomic E-state index is 13.4. The standard InChI is InChI=1S/C25H41N5O5/c1-15(2)14-35-23-19(13-27-30(23)10-9-25(3,4)29-24(33)34-5)22(32)28-20-16-7-6-8-17(20)12-18(11-16)21(26)31/h13,15-18,20H,6-12,14H2,1-5H3,(H2,26,31)(H,28,32)(H,29,33)/t16?,17?,18-,20-. The highest BCUT2D eigenvalue weighted by Gasteiger charge is 2.43. The highest BCUT2D eigenvalue weighted by Crippen LogP contribution is 2.43. The average Bonchev–Trinajstić information content (AvgIpc) is 3.18. The summed E-state index contributed by atoms with van der Waals surface area (Å²) >= 11 is 0. The van der Waals surface area contributed by atoms with E-state index < -0.39 is 11.6 Å². The van der Waals surface area contributed by atoms with E-state index in [0.717, 1.165) is 32.1 Å². The van der Waals surface area contributed by atoms with Crippen LogP contribution < -0.4 is 21.1 Å². The smallest absolute Gasteiger partial charge is 0.407 e. The molecule has 2 aliphatic carbocycles. The number of hydrogen-bond acceptors (Lipinski definition) is 6. The van der Waals surface area contributed by atoms with Gasteiger partial charge in [-0.3, -0.25) is 9.59 Å². The van der Waals surface area contributed by atoms with E-state index in [1.807, 2.05) is 27.7 Å². The van der Waals surface area contributed by atoms with Crippen LogP contribution in [-0.4, -0.2) is 53.0 Å². The third-order valence-electron chi connectivity index (χ3n) is 7.20. The van der Waals surface area contributed by atoms with Gasteiger partial charge in [0.05, 0.1) is 19.9 Å². The lowest BCUT2D eigenvalue weighted by atomic mass is 9.64. The molecule has 196 valence electrons. The van der Waals surface area contributed by atoms with Crippen LogP contribution in [0.1, 0.15) is 76.6 Å². The summed E-state index contributed by atoms with van der Waals surface area (Å²) < 4.78 is 12.4. The fourth-order valence-electron chi connectivity index (χ4n) is 5.30. The summed E-state index contributed by atoms with van der Waals surface area (Å²) in [6.07, 6.45) is 6.17. The number of primary amides is 1. The number of nitrogens with one attached hydrogen (secondary N) is 2. The van der Waals surface area contributed by atoms with E-state index in [0.29, 0.717) is 31.0 Å². The van der Waals surface area contributed by atoms with Crippen LogP contribution in [0.3, 0.4) is 0 Å². The normalized spacial score (nSPS) is 24.1. The van der Waals surface area contributed by atoms with E-state index >= 15 is 0 Å². The molecule has 2 saturated carbocycles. The summed E-state index contributed by atoms with van der Waals surface area (Å²) in [6.45, 7) is 8.79. The fraction of sp³-hybridized carbons (Fsp3) is 0.760. The van der Waals surface area contributed by atoms with Gasteiger partial charge in [-0.1, -0.05) is 20.3 Å². The van der Waals surface area contributed by atoms with Gasteiger partial charge in [0.25, 0.3) is 5.91 Å². The molecule has 1 aromatic heterocycles. The van der Waals surface area contributed by atoms with Crippen LogP contribution in [-0.2, 0) is 16.1 Å². The third kappa shape index (κ3) is 6.89. The molecule has 2 bridgehead atoms. The molecule has 2 unspecified atom stereocenters. The second kappa shape index (κ2) is 11.3. The number of aromatic nitrogens is 2. The lowest BCUT2D eigenvalue weighted by Crippen LogP contribution is -2.52. The largest absolute Gasteiger partial charge is 0.477 e. The molecule has 0 spiro atoms. The van der Waals surface area contributed by atoms with Crippen molar-refractivity contribution in [2.45, 2.75) is 84.3 Å². The van der Waals surface area contributed by atoms with Crippen LogP contribution in [0.15, 0.2) is 6.20 Å². The molecule has 35 heavy (non-hydrogen) atoms. The van der Waals surface area contributed by atoms with Crippen molar-refractivity contribution in [3.8, 4) is 5.88 Å². The lowest BCUT2D eigenvalue weighted by molar-refractivity contribution is -0.124. The Bertz CT molecular complexity index is 898. The van der Waals surface area contributed by atoms with Crippen LogP contribution in [0.25, 0.3) is 0 Å². The first-order valence-electron chi connectivity index (χ1n) is 12.7. The van der Waals surface area contributed by atoms with Crippen molar-refractivity contribution in [1.29, 1.82) is 0 Å². The number of alkyl carbamates (subject to hydrolysis) is 1. The van der Waals surface area contributed by atoms with E-state index in [-0.39, 0.29) is 41.5 Å². The molecule has 2 aliphatic rings. The third-order valence-corrected chi connectivity index (χ3v) is 7.20. The fourth-order valence-corrected chi connectivity index (χ4v) is 5.30. The zero-order valence-electron chi connectivity index (χ0n) is 21.6. The number of methoxy groups -OCH3 is 1. The van der Waals surface area contributed by atoms with E-state index in [1.165, 1.54) is 7.11 Å². The Morgan fingerprint density at radius 3 is 2.46 bits per heavy atom. The molecule has 3 rings (SSSR count). The molecule has 10 heteroatoms. The van der Waals surface area contributed by atoms with E-state index in [4.69, 9.17) is 15.2 Å². The molecule has 1 heterocycles. The summed E-state index contributed by atoms with van der Waals surface area (Å²) in [5, 5.41) is 10.5. The minimum Gasteiger partial charge on any atom is -0.477 e. The summed E-state index contributed by atoms with van der Waals surface area (Å²) in [4.78, 5) is 36.9. The number of aryl methyl sites for hydroxylation is 1. The van der Waals surface area contributed by atoms with Crippen LogP contribution >= 0.6 is 0 Å². The van der Waals surface area contributed by atoms with Crippen LogP contribution in [0.5, 0.6) is 5.88 Å². The Kier molecular flexibility index (Phi) is 8.66. The molecule has 3 amide bonds. The van der Waals surface area contributed by atoms with Gasteiger partial charge >= 0.3 is 6.09 Å². The molecule has 0 radical (unpaired) electrons. The molecular formula is C25H41N5O5. The lowest BCUT2D eigenvalue weighted by Gasteiger charge is -2.45. The summed E-state index contributed by atoms with van der Waals surface area (Å²) in [7, 11) is 1.33. The maximum absolute atomic E-state index is 13.4. The van der Waals surface area contributed by atoms with Gasteiger partial charge in [0.2, 0.25) is 11.8 Å². The van der Waals surface area contributed by atoms with Crippen molar-refractivity contribution in [1.82, 2.24) is 20.4 Å². The average molecular weight is 492 g/mol. The molecule has 10 nitrogen and oxygen atoms in total. The highest BCUT2D eigenvalue weighted by molar-refractivity contribution is 5.96. The van der Waals surface area contributed by atoms with Gasteiger partial charge < -0.3 is 25.8 Å². The quantitative estimate of drug-likeness (QED) is 0.460. The zero-order chi connectivity index (χ0) is 25.8. The van der Waals surface area contributed by atoms with Gasteiger partial charge in [-0.25, -0.2) is 9.48 Å². The number of nitrogens with zero attached hydrogens (tertiary/aromatic N) is 2. The van der Waals surface area contributed by atoms with Crippen molar-refractivity contribution in [2.75, 3.05) is 13.7 Å². The van der Waals surface area contributed by atoms with Gasteiger partial charge in [-0.15, -0.1) is 0 Å². The predicted molar refractivity (Wildman–Crippen MR) is 131 cm³/mol. The van der Waals surface area contributed by atoms with Crippen molar-refractivity contribution in [3.05, 3.63) is 11.8 Å². The Balaban J connectivity index is 1.74. The Labute approximate surface area is 207 Å². The first-order chi connectivity index (χ1) is 16.5. The highest BCUT2D eigenvalue weighted by atomic mass is 16.5. The molecule has 2 atom stereocenters. The van der Waals surface area contributed by atoms with Crippen molar-refractivity contribution < 1.29 is 23.9 Å². The Morgan fingerprint density at radius 2 is 1.89 bits per heavy atom. The summed E-state index contributed by atoms with van der Waals surface area (Å²) in [6, 6.07) is 0.0244. The molecular weight excluding hydrogens is 450 g/mol. The predicted octanol–water partition coefficient (Wildman–Crippen LogP) is 2.85. The number of carbonyl (C=O) groups excluding carboxylic acids is 3. The van der Waals surface area contributed by atoms with Crippen LogP contribution in [0.2, 0.25) is 0 Å². The first kappa shape index (κ1) is 26.8. The van der Waals surface area contributed by atoms with Crippen LogP contribution in [0, 0.1) is 23.7 Å². The number of ether oxygens (including phenoxy) is 2. The zero-order valence-corrected chi connectivity index (χ0v) is 21.6. The minimum atomic E-state index is -0.534. The molecule has 0 aromatic carbocycles. The van der Waals surface area contributed by atoms with Crippen LogP contribution in [0.4, 0.5) is 4.79 Å². The Morgan fingerprint density at radius 1 is 1.23 bits per heavy atom. The number of rotatable bonds is 10. The number of amides is 3. The number of carbonyl (C=O) groups is 3. The van der Waals surface area contributed by atoms with E-state index in [1.54, 1.807) is 10.9 Å². The second-order valence-corrected chi connectivity index (χ2v) is 11.1. The number of fused-ring (bicyclic) bond motifs is 2. The number of nitrogens with two attached hydrogens (primary N) is 1. The van der Waals surface area contributed by atoms with Gasteiger partial charge in [0.1, 0.15) is 5.56 Å². The molecule has 2 fully saturated rings. The van der Waals surface area contributed by atoms with Crippen molar-refractivity contribution in [2.24, 2.45) is 29.4 Å². The summed E-state index contributed by atoms with van der Waals surface area (Å²) in [5.41, 5.74) is 5.47. The van der Waals surface area contributed by atoms with Crippen molar-refractivity contribution in [3.63, 3.8) is 0 Å². The second-order valence-electron chi connectivity index (χ2n) is 11.1. The van der Waals surface area contributed by atoms with Gasteiger partial charge in [0, 0.05) is 24.0 Å². The molecule has 1 aromatic rings. The summed E-state index contributed by atoms with van der Waals surface area (Å²) in [5.74, 6) is 0.668. The maximum Gasteiger partial charge on any atom is 0.407 e. The topological polar surface area (TPSA) is 138 Å². The number of hydrogen-bond donors (Lipinski definition) is 3. The van der Waals surface area contributed by atoms with Crippen molar-refractivity contribution >= 4 is 17.9 Å².